The van der Waals surface area contributed by atoms with Gasteiger partial charge in [-0.3, -0.25) is 9.78 Å². The van der Waals surface area contributed by atoms with E-state index >= 15 is 0 Å². The number of nitrogens with zero attached hydrogens (tertiary/aromatic N) is 1. The van der Waals surface area contributed by atoms with E-state index in [-0.39, 0.29) is 17.3 Å². The summed E-state index contributed by atoms with van der Waals surface area (Å²) in [4.78, 5) is 17.0. The molecule has 3 aromatic rings. The maximum atomic E-state index is 12.5. The number of amides is 1. The average Bonchev–Trinajstić information content (AvgIpc) is 2.71. The van der Waals surface area contributed by atoms with Crippen LogP contribution in [-0.4, -0.2) is 32.7 Å². The number of aromatic nitrogens is 1. The van der Waals surface area contributed by atoms with Crippen molar-refractivity contribution in [3.8, 4) is 16.9 Å². The van der Waals surface area contributed by atoms with Gasteiger partial charge in [0.25, 0.3) is 5.91 Å². The van der Waals surface area contributed by atoms with Gasteiger partial charge in [-0.15, -0.1) is 0 Å². The van der Waals surface area contributed by atoms with Crippen molar-refractivity contribution < 1.29 is 17.9 Å². The number of aryl methyl sites for hydroxylation is 1. The Kier molecular flexibility index (Phi) is 5.98. The zero-order valence-corrected chi connectivity index (χ0v) is 17.3. The normalized spacial score (nSPS) is 11.1. The van der Waals surface area contributed by atoms with Crippen molar-refractivity contribution in [1.29, 1.82) is 0 Å². The molecule has 2 aromatic carbocycles. The van der Waals surface area contributed by atoms with Crippen LogP contribution in [0.3, 0.4) is 0 Å². The molecule has 1 aromatic heterocycles. The SMILES string of the molecule is COc1cccc(-c2ccnc(CNC(=O)c3ccc(C)c(S(C)(=O)=O)c3)c2)c1. The van der Waals surface area contributed by atoms with Gasteiger partial charge in [0.05, 0.1) is 24.2 Å². The molecule has 0 bridgehead atoms. The van der Waals surface area contributed by atoms with E-state index in [4.69, 9.17) is 4.74 Å². The number of methoxy groups -OCH3 is 1. The van der Waals surface area contributed by atoms with E-state index in [1.807, 2.05) is 36.4 Å². The first kappa shape index (κ1) is 20.5. The molecular formula is C22H22N2O4S. The molecule has 0 aliphatic carbocycles. The van der Waals surface area contributed by atoms with Crippen LogP contribution in [-0.2, 0) is 16.4 Å². The van der Waals surface area contributed by atoms with Gasteiger partial charge in [-0.2, -0.15) is 0 Å². The van der Waals surface area contributed by atoms with E-state index in [0.717, 1.165) is 23.1 Å². The van der Waals surface area contributed by atoms with Crippen LogP contribution in [0.4, 0.5) is 0 Å². The summed E-state index contributed by atoms with van der Waals surface area (Å²) >= 11 is 0. The molecule has 1 heterocycles. The van der Waals surface area contributed by atoms with Gasteiger partial charge in [0.1, 0.15) is 5.75 Å². The molecule has 0 aliphatic heterocycles. The molecule has 1 amide bonds. The quantitative estimate of drug-likeness (QED) is 0.673. The molecular weight excluding hydrogens is 388 g/mol. The van der Waals surface area contributed by atoms with Gasteiger partial charge in [-0.25, -0.2) is 8.42 Å². The molecule has 0 radical (unpaired) electrons. The number of nitrogens with one attached hydrogen (secondary N) is 1. The second-order valence-electron chi connectivity index (χ2n) is 6.70. The maximum Gasteiger partial charge on any atom is 0.251 e. The number of sulfone groups is 1. The number of benzene rings is 2. The van der Waals surface area contributed by atoms with Crippen LogP contribution in [0.2, 0.25) is 0 Å². The second-order valence-corrected chi connectivity index (χ2v) is 8.69. The molecule has 150 valence electrons. The molecule has 0 saturated heterocycles. The summed E-state index contributed by atoms with van der Waals surface area (Å²) in [5.74, 6) is 0.402. The summed E-state index contributed by atoms with van der Waals surface area (Å²) in [7, 11) is -1.78. The first-order valence-corrected chi connectivity index (χ1v) is 10.9. The Morgan fingerprint density at radius 3 is 2.55 bits per heavy atom. The fourth-order valence-corrected chi connectivity index (χ4v) is 3.96. The molecule has 29 heavy (non-hydrogen) atoms. The van der Waals surface area contributed by atoms with Gasteiger partial charge in [0.15, 0.2) is 9.84 Å². The Labute approximate surface area is 170 Å². The van der Waals surface area contributed by atoms with Crippen LogP contribution in [0.25, 0.3) is 11.1 Å². The van der Waals surface area contributed by atoms with E-state index in [1.54, 1.807) is 32.4 Å². The number of ether oxygens (including phenoxy) is 1. The fraction of sp³-hybridized carbons (Fsp3) is 0.182. The van der Waals surface area contributed by atoms with Gasteiger partial charge in [-0.1, -0.05) is 18.2 Å². The summed E-state index contributed by atoms with van der Waals surface area (Å²) in [6.07, 6.45) is 2.81. The Hall–Kier alpha value is -3.19. The summed E-state index contributed by atoms with van der Waals surface area (Å²) in [6.45, 7) is 1.92. The minimum atomic E-state index is -3.40. The highest BCUT2D eigenvalue weighted by molar-refractivity contribution is 7.90. The van der Waals surface area contributed by atoms with Crippen molar-refractivity contribution in [2.45, 2.75) is 18.4 Å². The lowest BCUT2D eigenvalue weighted by molar-refractivity contribution is 0.0950. The van der Waals surface area contributed by atoms with Gasteiger partial charge in [0.2, 0.25) is 0 Å². The fourth-order valence-electron chi connectivity index (χ4n) is 2.97. The zero-order valence-electron chi connectivity index (χ0n) is 16.5. The van der Waals surface area contributed by atoms with Crippen molar-refractivity contribution in [3.05, 3.63) is 77.6 Å². The first-order valence-electron chi connectivity index (χ1n) is 8.96. The number of carbonyl (C=O) groups excluding carboxylic acids is 1. The molecule has 3 rings (SSSR count). The van der Waals surface area contributed by atoms with Crippen LogP contribution >= 0.6 is 0 Å². The van der Waals surface area contributed by atoms with Gasteiger partial charge in [-0.05, 0) is 60.0 Å². The second kappa shape index (κ2) is 8.45. The Balaban J connectivity index is 1.76. The van der Waals surface area contributed by atoms with Gasteiger partial charge < -0.3 is 10.1 Å². The molecule has 0 saturated carbocycles. The maximum absolute atomic E-state index is 12.5. The number of hydrogen-bond donors (Lipinski definition) is 1. The van der Waals surface area contributed by atoms with Crippen LogP contribution in [0, 0.1) is 6.92 Å². The molecule has 0 atom stereocenters. The molecule has 1 N–H and O–H groups in total. The monoisotopic (exact) mass is 410 g/mol. The van der Waals surface area contributed by atoms with E-state index < -0.39 is 9.84 Å². The molecule has 6 nitrogen and oxygen atoms in total. The number of carbonyl (C=O) groups is 1. The lowest BCUT2D eigenvalue weighted by Crippen LogP contribution is -2.23. The number of pyridine rings is 1. The minimum Gasteiger partial charge on any atom is -0.497 e. The van der Waals surface area contributed by atoms with Gasteiger partial charge in [0, 0.05) is 18.0 Å². The average molecular weight is 410 g/mol. The lowest BCUT2D eigenvalue weighted by Gasteiger charge is -2.10. The Morgan fingerprint density at radius 1 is 1.07 bits per heavy atom. The van der Waals surface area contributed by atoms with Gasteiger partial charge >= 0.3 is 0 Å². The Bertz CT molecular complexity index is 1160. The molecule has 0 aliphatic rings. The molecule has 0 spiro atoms. The highest BCUT2D eigenvalue weighted by atomic mass is 32.2. The third-order valence-corrected chi connectivity index (χ3v) is 5.74. The van der Waals surface area contributed by atoms with E-state index in [1.165, 1.54) is 6.07 Å². The zero-order chi connectivity index (χ0) is 21.0. The van der Waals surface area contributed by atoms with Crippen LogP contribution < -0.4 is 10.1 Å². The number of rotatable bonds is 6. The number of hydrogen-bond acceptors (Lipinski definition) is 5. The third kappa shape index (κ3) is 5.00. The highest BCUT2D eigenvalue weighted by Gasteiger charge is 2.15. The van der Waals surface area contributed by atoms with E-state index in [0.29, 0.717) is 16.8 Å². The predicted molar refractivity (Wildman–Crippen MR) is 112 cm³/mol. The predicted octanol–water partition coefficient (Wildman–Crippen LogP) is 3.40. The van der Waals surface area contributed by atoms with Crippen molar-refractivity contribution in [2.24, 2.45) is 0 Å². The summed E-state index contributed by atoms with van der Waals surface area (Å²) < 4.78 is 29.0. The molecule has 0 unspecified atom stereocenters. The molecule has 0 fully saturated rings. The minimum absolute atomic E-state index is 0.156. The van der Waals surface area contributed by atoms with Crippen LogP contribution in [0.15, 0.2) is 65.7 Å². The topological polar surface area (TPSA) is 85.4 Å². The van der Waals surface area contributed by atoms with Crippen molar-refractivity contribution in [2.75, 3.05) is 13.4 Å². The van der Waals surface area contributed by atoms with Crippen LogP contribution in [0.1, 0.15) is 21.6 Å². The van der Waals surface area contributed by atoms with Crippen molar-refractivity contribution >= 4 is 15.7 Å². The summed E-state index contributed by atoms with van der Waals surface area (Å²) in [5, 5.41) is 2.79. The van der Waals surface area contributed by atoms with E-state index in [2.05, 4.69) is 10.3 Å². The smallest absolute Gasteiger partial charge is 0.251 e. The molecule has 7 heteroatoms. The summed E-state index contributed by atoms with van der Waals surface area (Å²) in [5.41, 5.74) is 3.53. The third-order valence-electron chi connectivity index (χ3n) is 4.50. The first-order chi connectivity index (χ1) is 13.8. The van der Waals surface area contributed by atoms with Crippen molar-refractivity contribution in [1.82, 2.24) is 10.3 Å². The summed E-state index contributed by atoms with van der Waals surface area (Å²) in [6, 6.07) is 16.1. The standard InChI is InChI=1S/C22H22N2O4S/c1-15-7-8-18(13-21(15)29(3,26)27)22(25)24-14-19-11-17(9-10-23-19)16-5-4-6-20(12-16)28-2/h4-13H,14H2,1-3H3,(H,24,25). The largest absolute Gasteiger partial charge is 0.497 e. The van der Waals surface area contributed by atoms with Crippen LogP contribution in [0.5, 0.6) is 5.75 Å². The van der Waals surface area contributed by atoms with Crippen molar-refractivity contribution in [3.63, 3.8) is 0 Å². The Morgan fingerprint density at radius 2 is 1.83 bits per heavy atom. The highest BCUT2D eigenvalue weighted by Crippen LogP contribution is 2.24. The lowest BCUT2D eigenvalue weighted by atomic mass is 10.1. The van der Waals surface area contributed by atoms with E-state index in [9.17, 15) is 13.2 Å².